The van der Waals surface area contributed by atoms with E-state index in [1.165, 1.54) is 12.1 Å². The Morgan fingerprint density at radius 3 is 2.29 bits per heavy atom. The van der Waals surface area contributed by atoms with Gasteiger partial charge in [-0.05, 0) is 93.8 Å². The molecule has 0 aliphatic heterocycles. The summed E-state index contributed by atoms with van der Waals surface area (Å²) in [6.07, 6.45) is 2.47. The van der Waals surface area contributed by atoms with Gasteiger partial charge in [0.2, 0.25) is 11.8 Å². The van der Waals surface area contributed by atoms with Crippen molar-refractivity contribution in [1.82, 2.24) is 20.6 Å². The fourth-order valence-electron chi connectivity index (χ4n) is 5.95. The number of carbonyl (C=O) groups is 4. The number of ether oxygens (including phenoxy) is 1. The van der Waals surface area contributed by atoms with Gasteiger partial charge in [-0.2, -0.15) is 0 Å². The van der Waals surface area contributed by atoms with Gasteiger partial charge in [0, 0.05) is 35.2 Å². The summed E-state index contributed by atoms with van der Waals surface area (Å²) in [7, 11) is 0. The van der Waals surface area contributed by atoms with Crippen molar-refractivity contribution in [2.45, 2.75) is 64.5 Å². The zero-order chi connectivity index (χ0) is 35.3. The predicted molar refractivity (Wildman–Crippen MR) is 187 cm³/mol. The van der Waals surface area contributed by atoms with Gasteiger partial charge >= 0.3 is 17.8 Å². The quantitative estimate of drug-likeness (QED) is 0.120. The normalized spacial score (nSPS) is 16.8. The number of imidazole rings is 1. The van der Waals surface area contributed by atoms with Crippen molar-refractivity contribution >= 4 is 52.2 Å². The number of aromatic nitrogens is 2. The maximum absolute atomic E-state index is 13.7. The predicted octanol–water partition coefficient (Wildman–Crippen LogP) is 5.87. The molecule has 0 radical (unpaired) electrons. The number of fused-ring (bicyclic) bond motifs is 1. The number of H-pyrrole nitrogens is 2. The average Bonchev–Trinajstić information content (AvgIpc) is 3.42. The molecule has 3 aromatic carbocycles. The second-order valence-electron chi connectivity index (χ2n) is 13.4. The van der Waals surface area contributed by atoms with Crippen LogP contribution in [0.5, 0.6) is 0 Å². The molecule has 1 aliphatic carbocycles. The van der Waals surface area contributed by atoms with Crippen molar-refractivity contribution in [2.24, 2.45) is 11.8 Å². The first-order valence-corrected chi connectivity index (χ1v) is 16.5. The van der Waals surface area contributed by atoms with Crippen LogP contribution in [0.4, 0.5) is 10.5 Å². The molecule has 49 heavy (non-hydrogen) atoms. The third kappa shape index (κ3) is 9.50. The van der Waals surface area contributed by atoms with Gasteiger partial charge in [0.25, 0.3) is 0 Å². The van der Waals surface area contributed by atoms with E-state index < -0.39 is 29.6 Å². The van der Waals surface area contributed by atoms with Gasteiger partial charge in [0.05, 0.1) is 16.6 Å². The highest BCUT2D eigenvalue weighted by atomic mass is 35.5. The molecule has 13 heteroatoms. The number of halogens is 1. The number of carboxylic acids is 1. The van der Waals surface area contributed by atoms with Crippen LogP contribution >= 0.6 is 11.6 Å². The van der Waals surface area contributed by atoms with Crippen molar-refractivity contribution in [2.75, 3.05) is 11.9 Å². The van der Waals surface area contributed by atoms with Crippen LogP contribution in [0.3, 0.4) is 0 Å². The molecular formula is C36H40ClN5O7. The standard InChI is InChI=1S/C36H40ClN5O7/c1-36(2,3)49-35(48)38-19-21-6-10-23(11-7-21)31(43)40-30(32(44)39-25-13-15-28-29(18-25)42-34(47)41-28)16-20-4-8-22(9-5-20)26-14-12-24(33(45)46)17-27(26)37/h4-5,8-9,12-15,17-18,21,23,30H,6-7,10-11,16,19H2,1-3H3,(H,38,48)(H,39,44)(H,40,43)(H,45,46)(H2,41,42,47)/t21-,23-,30-/m0/s1. The van der Waals surface area contributed by atoms with Crippen molar-refractivity contribution in [1.29, 1.82) is 0 Å². The first-order valence-electron chi connectivity index (χ1n) is 16.2. The van der Waals surface area contributed by atoms with E-state index in [0.717, 1.165) is 24.0 Å². The first-order chi connectivity index (χ1) is 23.2. The number of benzene rings is 3. The molecule has 4 aromatic rings. The SMILES string of the molecule is CC(C)(C)OC(=O)NC[C@H]1CC[C@H](C(=O)N[C@@H](Cc2ccc(-c3ccc(C(=O)O)cc3Cl)cc2)C(=O)Nc2ccc3[nH]c(=O)[nH]c3c2)CC1. The van der Waals surface area contributed by atoms with Gasteiger partial charge in [0.15, 0.2) is 0 Å². The number of carbonyl (C=O) groups excluding carboxylic acids is 3. The van der Waals surface area contributed by atoms with Crippen LogP contribution in [-0.4, -0.2) is 57.1 Å². The van der Waals surface area contributed by atoms with E-state index in [4.69, 9.17) is 16.3 Å². The van der Waals surface area contributed by atoms with Crippen molar-refractivity contribution in [3.8, 4) is 11.1 Å². The fraction of sp³-hybridized carbons (Fsp3) is 0.361. The summed E-state index contributed by atoms with van der Waals surface area (Å²) in [6.45, 7) is 5.89. The number of rotatable bonds is 10. The molecule has 3 amide bonds. The minimum absolute atomic E-state index is 0.0860. The summed E-state index contributed by atoms with van der Waals surface area (Å²) >= 11 is 6.37. The lowest BCUT2D eigenvalue weighted by atomic mass is 9.81. The molecule has 258 valence electrons. The van der Waals surface area contributed by atoms with Crippen LogP contribution in [0, 0.1) is 11.8 Å². The van der Waals surface area contributed by atoms with Crippen LogP contribution in [0.25, 0.3) is 22.2 Å². The Morgan fingerprint density at radius 1 is 0.939 bits per heavy atom. The highest BCUT2D eigenvalue weighted by Crippen LogP contribution is 2.31. The van der Waals surface area contributed by atoms with E-state index in [9.17, 15) is 29.1 Å². The summed E-state index contributed by atoms with van der Waals surface area (Å²) < 4.78 is 5.32. The third-order valence-electron chi connectivity index (χ3n) is 8.49. The molecule has 5 rings (SSSR count). The van der Waals surface area contributed by atoms with E-state index in [1.54, 1.807) is 24.3 Å². The Balaban J connectivity index is 1.26. The van der Waals surface area contributed by atoms with Crippen molar-refractivity contribution in [3.05, 3.63) is 87.3 Å². The minimum atomic E-state index is -1.07. The largest absolute Gasteiger partial charge is 0.478 e. The molecule has 0 saturated heterocycles. The van der Waals surface area contributed by atoms with Gasteiger partial charge < -0.3 is 35.8 Å². The lowest BCUT2D eigenvalue weighted by molar-refractivity contribution is -0.130. The molecule has 0 unspecified atom stereocenters. The molecule has 1 atom stereocenters. The van der Waals surface area contributed by atoms with Crippen LogP contribution in [-0.2, 0) is 20.7 Å². The molecule has 1 fully saturated rings. The summed E-state index contributed by atoms with van der Waals surface area (Å²) in [6, 6.07) is 15.9. The lowest BCUT2D eigenvalue weighted by Gasteiger charge is -2.29. The number of aromatic amines is 2. The third-order valence-corrected chi connectivity index (χ3v) is 8.80. The van der Waals surface area contributed by atoms with Gasteiger partial charge in [-0.1, -0.05) is 41.9 Å². The number of aromatic carboxylic acids is 1. The monoisotopic (exact) mass is 689 g/mol. The van der Waals surface area contributed by atoms with Gasteiger partial charge in [-0.25, -0.2) is 14.4 Å². The van der Waals surface area contributed by atoms with E-state index in [0.29, 0.717) is 46.7 Å². The number of hydrogen-bond acceptors (Lipinski definition) is 6. The molecule has 0 bridgehead atoms. The maximum atomic E-state index is 13.7. The topological polar surface area (TPSA) is 182 Å². The zero-order valence-corrected chi connectivity index (χ0v) is 28.3. The maximum Gasteiger partial charge on any atom is 0.407 e. The summed E-state index contributed by atoms with van der Waals surface area (Å²) in [4.78, 5) is 67.6. The van der Waals surface area contributed by atoms with E-state index in [2.05, 4.69) is 25.9 Å². The average molecular weight is 690 g/mol. The molecule has 1 saturated carbocycles. The Bertz CT molecular complexity index is 1900. The van der Waals surface area contributed by atoms with Crippen LogP contribution in [0.2, 0.25) is 5.02 Å². The van der Waals surface area contributed by atoms with Crippen molar-refractivity contribution < 1.29 is 29.0 Å². The first kappa shape index (κ1) is 35.2. The van der Waals surface area contributed by atoms with E-state index >= 15 is 0 Å². The van der Waals surface area contributed by atoms with Crippen molar-refractivity contribution in [3.63, 3.8) is 0 Å². The second kappa shape index (κ2) is 15.0. The summed E-state index contributed by atoms with van der Waals surface area (Å²) in [5, 5.41) is 18.2. The fourth-order valence-corrected chi connectivity index (χ4v) is 6.24. The Kier molecular flexibility index (Phi) is 10.8. The Hall–Kier alpha value is -5.10. The number of alkyl carbamates (subject to hydrolysis) is 1. The van der Waals surface area contributed by atoms with Gasteiger partial charge in [0.1, 0.15) is 11.6 Å². The highest BCUT2D eigenvalue weighted by molar-refractivity contribution is 6.33. The smallest absolute Gasteiger partial charge is 0.407 e. The van der Waals surface area contributed by atoms with Crippen LogP contribution in [0.1, 0.15) is 62.4 Å². The molecule has 1 aliphatic rings. The summed E-state index contributed by atoms with van der Waals surface area (Å²) in [5.41, 5.74) is 2.95. The molecule has 1 heterocycles. The highest BCUT2D eigenvalue weighted by Gasteiger charge is 2.30. The molecule has 6 N–H and O–H groups in total. The summed E-state index contributed by atoms with van der Waals surface area (Å²) in [5.74, 6) is -1.77. The molecule has 0 spiro atoms. The number of nitrogens with one attached hydrogen (secondary N) is 5. The van der Waals surface area contributed by atoms with Crippen LogP contribution in [0.15, 0.2) is 65.5 Å². The molecule has 1 aromatic heterocycles. The van der Waals surface area contributed by atoms with Crippen LogP contribution < -0.4 is 21.6 Å². The molecular weight excluding hydrogens is 650 g/mol. The second-order valence-corrected chi connectivity index (χ2v) is 13.8. The zero-order valence-electron chi connectivity index (χ0n) is 27.5. The van der Waals surface area contributed by atoms with Gasteiger partial charge in [-0.3, -0.25) is 9.59 Å². The number of hydrogen-bond donors (Lipinski definition) is 6. The van der Waals surface area contributed by atoms with E-state index in [-0.39, 0.29) is 35.4 Å². The number of anilines is 1. The Morgan fingerprint density at radius 2 is 1.63 bits per heavy atom. The number of amides is 3. The lowest BCUT2D eigenvalue weighted by Crippen LogP contribution is -2.48. The van der Waals surface area contributed by atoms with Gasteiger partial charge in [-0.15, -0.1) is 0 Å². The number of carboxylic acid groups (broad SMARTS) is 1. The minimum Gasteiger partial charge on any atom is -0.478 e. The molecule has 12 nitrogen and oxygen atoms in total. The van der Waals surface area contributed by atoms with E-state index in [1.807, 2.05) is 45.0 Å². The Labute approximate surface area is 288 Å².